The van der Waals surface area contributed by atoms with Crippen LogP contribution in [0.5, 0.6) is 17.8 Å². The highest BCUT2D eigenvalue weighted by Crippen LogP contribution is 2.19. The van der Waals surface area contributed by atoms with Gasteiger partial charge in [-0.1, -0.05) is 0 Å². The summed E-state index contributed by atoms with van der Waals surface area (Å²) in [7, 11) is 0. The predicted octanol–water partition coefficient (Wildman–Crippen LogP) is 2.42. The molecule has 0 amide bonds. The SMILES string of the molecule is CCOc1nc(Cl)nc(Oc2ccc(C)nc2)n1. The molecule has 0 N–H and O–H groups in total. The second-order valence-electron chi connectivity index (χ2n) is 3.34. The number of hydrogen-bond acceptors (Lipinski definition) is 6. The maximum atomic E-state index is 5.74. The average Bonchev–Trinajstić information content (AvgIpc) is 2.32. The Bertz CT molecular complexity index is 533. The third kappa shape index (κ3) is 3.27. The van der Waals surface area contributed by atoms with Crippen LogP contribution in [0.1, 0.15) is 12.6 Å². The summed E-state index contributed by atoms with van der Waals surface area (Å²) in [6, 6.07) is 3.79. The molecule has 0 saturated carbocycles. The van der Waals surface area contributed by atoms with E-state index in [4.69, 9.17) is 21.1 Å². The first-order chi connectivity index (χ1) is 8.67. The zero-order valence-electron chi connectivity index (χ0n) is 9.92. The molecule has 94 valence electrons. The van der Waals surface area contributed by atoms with Gasteiger partial charge in [0.25, 0.3) is 0 Å². The molecule has 2 aromatic rings. The van der Waals surface area contributed by atoms with E-state index in [1.165, 1.54) is 0 Å². The van der Waals surface area contributed by atoms with E-state index in [0.29, 0.717) is 12.4 Å². The van der Waals surface area contributed by atoms with E-state index in [-0.39, 0.29) is 17.3 Å². The molecule has 0 atom stereocenters. The Morgan fingerprint density at radius 2 is 1.94 bits per heavy atom. The Kier molecular flexibility index (Phi) is 3.88. The van der Waals surface area contributed by atoms with Gasteiger partial charge in [-0.05, 0) is 37.6 Å². The number of ether oxygens (including phenoxy) is 2. The van der Waals surface area contributed by atoms with Gasteiger partial charge in [0.1, 0.15) is 5.75 Å². The topological polar surface area (TPSA) is 70.0 Å². The summed E-state index contributed by atoms with van der Waals surface area (Å²) in [5.74, 6) is 0.519. The zero-order chi connectivity index (χ0) is 13.0. The molecule has 7 heteroatoms. The van der Waals surface area contributed by atoms with Crippen LogP contribution in [0.15, 0.2) is 18.3 Å². The monoisotopic (exact) mass is 266 g/mol. The molecule has 0 aliphatic carbocycles. The van der Waals surface area contributed by atoms with Crippen molar-refractivity contribution in [1.82, 2.24) is 19.9 Å². The minimum Gasteiger partial charge on any atom is -0.464 e. The second kappa shape index (κ2) is 5.59. The van der Waals surface area contributed by atoms with Crippen molar-refractivity contribution in [3.8, 4) is 17.8 Å². The van der Waals surface area contributed by atoms with Crippen LogP contribution in [0, 0.1) is 6.92 Å². The number of rotatable bonds is 4. The average molecular weight is 267 g/mol. The molecule has 0 radical (unpaired) electrons. The summed E-state index contributed by atoms with van der Waals surface area (Å²) in [5, 5.41) is 0.0171. The standard InChI is InChI=1S/C11H11ClN4O2/c1-3-17-10-14-9(12)15-11(16-10)18-8-5-4-7(2)13-6-8/h4-6H,3H2,1-2H3. The maximum absolute atomic E-state index is 5.74. The van der Waals surface area contributed by atoms with Gasteiger partial charge >= 0.3 is 12.0 Å². The summed E-state index contributed by atoms with van der Waals surface area (Å²) in [4.78, 5) is 15.7. The normalized spacial score (nSPS) is 10.2. The molecular formula is C11H11ClN4O2. The Labute approximate surface area is 109 Å². The third-order valence-electron chi connectivity index (χ3n) is 1.93. The highest BCUT2D eigenvalue weighted by molar-refractivity contribution is 6.28. The molecule has 6 nitrogen and oxygen atoms in total. The summed E-state index contributed by atoms with van der Waals surface area (Å²) in [5.41, 5.74) is 0.894. The van der Waals surface area contributed by atoms with Gasteiger partial charge in [-0.2, -0.15) is 9.97 Å². The lowest BCUT2D eigenvalue weighted by molar-refractivity contribution is 0.303. The highest BCUT2D eigenvalue weighted by atomic mass is 35.5. The first kappa shape index (κ1) is 12.5. The lowest BCUT2D eigenvalue weighted by Crippen LogP contribution is -2.01. The van der Waals surface area contributed by atoms with Gasteiger partial charge in [0.2, 0.25) is 5.28 Å². The smallest absolute Gasteiger partial charge is 0.329 e. The molecule has 18 heavy (non-hydrogen) atoms. The first-order valence-electron chi connectivity index (χ1n) is 5.32. The van der Waals surface area contributed by atoms with Gasteiger partial charge in [-0.15, -0.1) is 4.98 Å². The van der Waals surface area contributed by atoms with Crippen LogP contribution < -0.4 is 9.47 Å². The lowest BCUT2D eigenvalue weighted by atomic mass is 10.4. The Balaban J connectivity index is 2.20. The van der Waals surface area contributed by atoms with Crippen LogP contribution in [0.25, 0.3) is 0 Å². The summed E-state index contributed by atoms with van der Waals surface area (Å²) in [6.45, 7) is 4.14. The largest absolute Gasteiger partial charge is 0.464 e. The van der Waals surface area contributed by atoms with Crippen LogP contribution >= 0.6 is 11.6 Å². The van der Waals surface area contributed by atoms with Crippen molar-refractivity contribution in [2.75, 3.05) is 6.61 Å². The molecule has 0 saturated heterocycles. The van der Waals surface area contributed by atoms with Crippen molar-refractivity contribution < 1.29 is 9.47 Å². The highest BCUT2D eigenvalue weighted by Gasteiger charge is 2.08. The molecule has 0 aliphatic heterocycles. The van der Waals surface area contributed by atoms with Gasteiger partial charge in [0, 0.05) is 5.69 Å². The van der Waals surface area contributed by atoms with E-state index in [0.717, 1.165) is 5.69 Å². The quantitative estimate of drug-likeness (QED) is 0.846. The Hall–Kier alpha value is -1.95. The van der Waals surface area contributed by atoms with Gasteiger partial charge in [-0.3, -0.25) is 4.98 Å². The number of aryl methyl sites for hydroxylation is 1. The molecule has 2 aromatic heterocycles. The van der Waals surface area contributed by atoms with Crippen LogP contribution in [0.2, 0.25) is 5.28 Å². The molecule has 0 aromatic carbocycles. The second-order valence-corrected chi connectivity index (χ2v) is 3.68. The molecule has 2 heterocycles. The number of halogens is 1. The summed E-state index contributed by atoms with van der Waals surface area (Å²) >= 11 is 5.74. The molecule has 0 fully saturated rings. The fourth-order valence-corrected chi connectivity index (χ4v) is 1.32. The number of hydrogen-bond donors (Lipinski definition) is 0. The van der Waals surface area contributed by atoms with E-state index < -0.39 is 0 Å². The molecule has 0 unspecified atom stereocenters. The third-order valence-corrected chi connectivity index (χ3v) is 2.10. The fraction of sp³-hybridized carbons (Fsp3) is 0.273. The lowest BCUT2D eigenvalue weighted by Gasteiger charge is -2.05. The Morgan fingerprint density at radius 1 is 1.17 bits per heavy atom. The molecule has 0 spiro atoms. The molecule has 0 bridgehead atoms. The number of nitrogens with zero attached hydrogens (tertiary/aromatic N) is 4. The van der Waals surface area contributed by atoms with Crippen molar-refractivity contribution in [2.45, 2.75) is 13.8 Å². The number of pyridine rings is 1. The fourth-order valence-electron chi connectivity index (χ4n) is 1.17. The summed E-state index contributed by atoms with van der Waals surface area (Å²) in [6.07, 6.45) is 1.58. The first-order valence-corrected chi connectivity index (χ1v) is 5.70. The van der Waals surface area contributed by atoms with Crippen molar-refractivity contribution in [2.24, 2.45) is 0 Å². The molecule has 0 aliphatic rings. The van der Waals surface area contributed by atoms with Gasteiger partial charge in [0.05, 0.1) is 12.8 Å². The van der Waals surface area contributed by atoms with Gasteiger partial charge in [0.15, 0.2) is 0 Å². The van der Waals surface area contributed by atoms with Crippen molar-refractivity contribution >= 4 is 11.6 Å². The summed E-state index contributed by atoms with van der Waals surface area (Å²) < 4.78 is 10.6. The Morgan fingerprint density at radius 3 is 2.61 bits per heavy atom. The van der Waals surface area contributed by atoms with Crippen LogP contribution in [-0.4, -0.2) is 26.5 Å². The zero-order valence-corrected chi connectivity index (χ0v) is 10.7. The van der Waals surface area contributed by atoms with Crippen molar-refractivity contribution in [1.29, 1.82) is 0 Å². The number of aromatic nitrogens is 4. The minimum atomic E-state index is 0.0171. The predicted molar refractivity (Wildman–Crippen MR) is 65.1 cm³/mol. The van der Waals surface area contributed by atoms with Gasteiger partial charge in [-0.25, -0.2) is 0 Å². The van der Waals surface area contributed by atoms with Crippen molar-refractivity contribution in [3.63, 3.8) is 0 Å². The van der Waals surface area contributed by atoms with E-state index in [1.807, 2.05) is 19.9 Å². The van der Waals surface area contributed by atoms with Crippen molar-refractivity contribution in [3.05, 3.63) is 29.3 Å². The molecular weight excluding hydrogens is 256 g/mol. The van der Waals surface area contributed by atoms with E-state index in [1.54, 1.807) is 12.3 Å². The molecule has 2 rings (SSSR count). The van der Waals surface area contributed by atoms with Gasteiger partial charge < -0.3 is 9.47 Å². The maximum Gasteiger partial charge on any atom is 0.329 e. The minimum absolute atomic E-state index is 0.0171. The van der Waals surface area contributed by atoms with E-state index in [9.17, 15) is 0 Å². The van der Waals surface area contributed by atoms with Crippen LogP contribution in [0.3, 0.4) is 0 Å². The van der Waals surface area contributed by atoms with E-state index in [2.05, 4.69) is 19.9 Å². The van der Waals surface area contributed by atoms with Crippen LogP contribution in [0.4, 0.5) is 0 Å². The van der Waals surface area contributed by atoms with Crippen LogP contribution in [-0.2, 0) is 0 Å². The van der Waals surface area contributed by atoms with E-state index >= 15 is 0 Å².